The van der Waals surface area contributed by atoms with Crippen molar-refractivity contribution in [3.05, 3.63) is 30.0 Å². The van der Waals surface area contributed by atoms with Crippen LogP contribution in [0.5, 0.6) is 5.75 Å². The van der Waals surface area contributed by atoms with Crippen molar-refractivity contribution in [1.29, 1.82) is 0 Å². The number of carboxylic acid groups (broad SMARTS) is 1. The van der Waals surface area contributed by atoms with Gasteiger partial charge in [-0.3, -0.25) is 0 Å². The maximum atomic E-state index is 11.8. The smallest absolute Gasteiger partial charge is 0.407 e. The van der Waals surface area contributed by atoms with E-state index in [-0.39, 0.29) is 6.04 Å². The zero-order valence-corrected chi connectivity index (χ0v) is 14.9. The summed E-state index contributed by atoms with van der Waals surface area (Å²) in [6.07, 6.45) is 1.98. The van der Waals surface area contributed by atoms with Crippen molar-refractivity contribution in [2.45, 2.75) is 45.8 Å². The third-order valence-corrected chi connectivity index (χ3v) is 3.40. The van der Waals surface area contributed by atoms with Crippen molar-refractivity contribution in [3.8, 4) is 5.75 Å². The van der Waals surface area contributed by atoms with Gasteiger partial charge in [-0.25, -0.2) is 9.59 Å². The number of aromatic amines is 1. The molecule has 0 spiro atoms. The van der Waals surface area contributed by atoms with Gasteiger partial charge in [0.25, 0.3) is 0 Å². The molecule has 25 heavy (non-hydrogen) atoms. The number of para-hydroxylation sites is 1. The van der Waals surface area contributed by atoms with Crippen LogP contribution in [0.4, 0.5) is 4.79 Å². The van der Waals surface area contributed by atoms with E-state index in [9.17, 15) is 9.59 Å². The fraction of sp³-hybridized carbons (Fsp3) is 0.444. The first-order valence-corrected chi connectivity index (χ1v) is 8.09. The Hall–Kier alpha value is -2.70. The third-order valence-electron chi connectivity index (χ3n) is 3.40. The van der Waals surface area contributed by atoms with Gasteiger partial charge in [0.15, 0.2) is 6.61 Å². The fourth-order valence-electron chi connectivity index (χ4n) is 2.50. The van der Waals surface area contributed by atoms with Gasteiger partial charge in [0.05, 0.1) is 5.52 Å². The monoisotopic (exact) mass is 348 g/mol. The molecule has 1 aromatic carbocycles. The van der Waals surface area contributed by atoms with Crippen molar-refractivity contribution in [2.75, 3.05) is 6.61 Å². The van der Waals surface area contributed by atoms with Crippen molar-refractivity contribution in [2.24, 2.45) is 0 Å². The summed E-state index contributed by atoms with van der Waals surface area (Å²) in [4.78, 5) is 25.6. The number of amides is 1. The van der Waals surface area contributed by atoms with Crippen molar-refractivity contribution < 1.29 is 24.2 Å². The minimum absolute atomic E-state index is 0.127. The largest absolute Gasteiger partial charge is 0.480 e. The molecule has 0 saturated heterocycles. The summed E-state index contributed by atoms with van der Waals surface area (Å²) < 4.78 is 10.6. The quantitative estimate of drug-likeness (QED) is 0.745. The first-order chi connectivity index (χ1) is 11.7. The predicted octanol–water partition coefficient (Wildman–Crippen LogP) is 3.09. The van der Waals surface area contributed by atoms with E-state index in [0.717, 1.165) is 16.5 Å². The van der Waals surface area contributed by atoms with E-state index in [1.165, 1.54) is 0 Å². The minimum atomic E-state index is -1.03. The Morgan fingerprint density at radius 3 is 2.68 bits per heavy atom. The molecule has 0 aliphatic rings. The van der Waals surface area contributed by atoms with Crippen molar-refractivity contribution in [1.82, 2.24) is 10.3 Å². The molecule has 0 saturated carbocycles. The van der Waals surface area contributed by atoms with E-state index < -0.39 is 24.3 Å². The summed E-state index contributed by atoms with van der Waals surface area (Å²) >= 11 is 0. The van der Waals surface area contributed by atoms with Crippen LogP contribution in [0.25, 0.3) is 10.9 Å². The van der Waals surface area contributed by atoms with Crippen LogP contribution >= 0.6 is 0 Å². The standard InChI is InChI=1S/C18H24N2O5/c1-11(20-17(23)25-18(2,3)4)8-12-9-19-16-13(12)6-5-7-14(16)24-10-15(21)22/h5-7,9,11,19H,8,10H2,1-4H3,(H,20,23)(H,21,22). The first-order valence-electron chi connectivity index (χ1n) is 8.09. The molecule has 1 heterocycles. The summed E-state index contributed by atoms with van der Waals surface area (Å²) in [5, 5.41) is 12.5. The SMILES string of the molecule is CC(Cc1c[nH]c2c(OCC(=O)O)cccc12)NC(=O)OC(C)(C)C. The van der Waals surface area contributed by atoms with Gasteiger partial charge in [0, 0.05) is 17.6 Å². The summed E-state index contributed by atoms with van der Waals surface area (Å²) in [7, 11) is 0. The molecule has 0 fully saturated rings. The number of H-pyrrole nitrogens is 1. The van der Waals surface area contributed by atoms with Crippen LogP contribution in [-0.2, 0) is 16.0 Å². The molecular formula is C18H24N2O5. The van der Waals surface area contributed by atoms with Gasteiger partial charge in [-0.15, -0.1) is 0 Å². The molecule has 136 valence electrons. The minimum Gasteiger partial charge on any atom is -0.480 e. The highest BCUT2D eigenvalue weighted by Crippen LogP contribution is 2.28. The Morgan fingerprint density at radius 1 is 1.32 bits per heavy atom. The summed E-state index contributed by atoms with van der Waals surface area (Å²) in [5.74, 6) is -0.544. The van der Waals surface area contributed by atoms with Crippen LogP contribution in [0, 0.1) is 0 Å². The molecule has 1 unspecified atom stereocenters. The van der Waals surface area contributed by atoms with E-state index >= 15 is 0 Å². The molecule has 3 N–H and O–H groups in total. The Labute approximate surface area is 146 Å². The summed E-state index contributed by atoms with van der Waals surface area (Å²) in [5.41, 5.74) is 1.20. The van der Waals surface area contributed by atoms with E-state index in [0.29, 0.717) is 12.2 Å². The topological polar surface area (TPSA) is 101 Å². The van der Waals surface area contributed by atoms with Gasteiger partial charge < -0.3 is 24.9 Å². The molecular weight excluding hydrogens is 324 g/mol. The molecule has 1 aromatic heterocycles. The number of alkyl carbamates (subject to hydrolysis) is 1. The van der Waals surface area contributed by atoms with Gasteiger partial charge in [0.1, 0.15) is 11.4 Å². The predicted molar refractivity (Wildman–Crippen MR) is 94.0 cm³/mol. The number of carbonyl (C=O) groups is 2. The lowest BCUT2D eigenvalue weighted by molar-refractivity contribution is -0.139. The van der Waals surface area contributed by atoms with Crippen LogP contribution in [0.1, 0.15) is 33.3 Å². The Kier molecular flexibility index (Phi) is 5.56. The van der Waals surface area contributed by atoms with Gasteiger partial charge in [0.2, 0.25) is 0 Å². The second-order valence-corrected chi connectivity index (χ2v) is 6.93. The number of aliphatic carboxylic acids is 1. The molecule has 0 aliphatic carbocycles. The van der Waals surface area contributed by atoms with Crippen LogP contribution in [0.3, 0.4) is 0 Å². The summed E-state index contributed by atoms with van der Waals surface area (Å²) in [6.45, 7) is 6.94. The fourth-order valence-corrected chi connectivity index (χ4v) is 2.50. The van der Waals surface area contributed by atoms with E-state index in [1.54, 1.807) is 6.07 Å². The molecule has 1 amide bonds. The molecule has 0 bridgehead atoms. The first kappa shape index (κ1) is 18.6. The lowest BCUT2D eigenvalue weighted by Crippen LogP contribution is -2.38. The molecule has 0 radical (unpaired) electrons. The number of fused-ring (bicyclic) bond motifs is 1. The van der Waals surface area contributed by atoms with Crippen molar-refractivity contribution >= 4 is 23.0 Å². The molecule has 2 aromatic rings. The second kappa shape index (κ2) is 7.46. The number of aromatic nitrogens is 1. The number of carbonyl (C=O) groups excluding carboxylic acids is 1. The van der Waals surface area contributed by atoms with E-state index in [2.05, 4.69) is 10.3 Å². The average molecular weight is 348 g/mol. The number of carboxylic acids is 1. The van der Waals surface area contributed by atoms with Crippen molar-refractivity contribution in [3.63, 3.8) is 0 Å². The van der Waals surface area contributed by atoms with Gasteiger partial charge in [-0.2, -0.15) is 0 Å². The highest BCUT2D eigenvalue weighted by atomic mass is 16.6. The lowest BCUT2D eigenvalue weighted by Gasteiger charge is -2.21. The van der Waals surface area contributed by atoms with Crippen LogP contribution in [0.2, 0.25) is 0 Å². The van der Waals surface area contributed by atoms with Crippen LogP contribution < -0.4 is 10.1 Å². The molecule has 1 atom stereocenters. The maximum Gasteiger partial charge on any atom is 0.407 e. The van der Waals surface area contributed by atoms with Gasteiger partial charge in [-0.1, -0.05) is 12.1 Å². The number of hydrogen-bond donors (Lipinski definition) is 3. The zero-order valence-electron chi connectivity index (χ0n) is 14.9. The number of ether oxygens (including phenoxy) is 2. The number of hydrogen-bond acceptors (Lipinski definition) is 4. The van der Waals surface area contributed by atoms with Gasteiger partial charge >= 0.3 is 12.1 Å². The molecule has 7 heteroatoms. The van der Waals surface area contributed by atoms with Crippen LogP contribution in [-0.4, -0.2) is 40.4 Å². The lowest BCUT2D eigenvalue weighted by atomic mass is 10.1. The van der Waals surface area contributed by atoms with Crippen LogP contribution in [0.15, 0.2) is 24.4 Å². The van der Waals surface area contributed by atoms with E-state index in [4.69, 9.17) is 14.6 Å². The Balaban J connectivity index is 2.07. The van der Waals surface area contributed by atoms with Gasteiger partial charge in [-0.05, 0) is 45.7 Å². The summed E-state index contributed by atoms with van der Waals surface area (Å²) in [6, 6.07) is 5.32. The second-order valence-electron chi connectivity index (χ2n) is 6.93. The highest BCUT2D eigenvalue weighted by molar-refractivity contribution is 5.88. The Morgan fingerprint density at radius 2 is 2.04 bits per heavy atom. The highest BCUT2D eigenvalue weighted by Gasteiger charge is 2.18. The van der Waals surface area contributed by atoms with E-state index in [1.807, 2.05) is 46.0 Å². The number of rotatable bonds is 6. The number of benzene rings is 1. The third kappa shape index (κ3) is 5.41. The maximum absolute atomic E-state index is 11.8. The average Bonchev–Trinajstić information content (AvgIpc) is 2.86. The molecule has 0 aliphatic heterocycles. The number of nitrogens with one attached hydrogen (secondary N) is 2. The molecule has 2 rings (SSSR count). The zero-order chi connectivity index (χ0) is 18.6. The Bertz CT molecular complexity index is 760. The molecule has 7 nitrogen and oxygen atoms in total. The normalized spacial score (nSPS) is 12.6.